The fraction of sp³-hybridized carbons (Fsp3) is 0. The molecule has 0 atom stereocenters. The molecule has 1 N–H and O–H groups in total. The smallest absolute Gasteiger partial charge is 0.270 e. The van der Waals surface area contributed by atoms with E-state index in [1.807, 2.05) is 6.07 Å². The number of aromatic nitrogens is 1. The summed E-state index contributed by atoms with van der Waals surface area (Å²) in [7, 11) is 0. The number of nitriles is 1. The summed E-state index contributed by atoms with van der Waals surface area (Å²) >= 11 is 1.25. The van der Waals surface area contributed by atoms with E-state index in [0.29, 0.717) is 15.6 Å². The van der Waals surface area contributed by atoms with Gasteiger partial charge in [0.15, 0.2) is 5.75 Å². The Hall–Kier alpha value is -2.72. The fourth-order valence-corrected chi connectivity index (χ4v) is 2.96. The van der Waals surface area contributed by atoms with Gasteiger partial charge in [-0.1, -0.05) is 0 Å². The summed E-state index contributed by atoms with van der Waals surface area (Å²) in [6.45, 7) is 0. The van der Waals surface area contributed by atoms with Crippen LogP contribution in [0.2, 0.25) is 0 Å². The topological polar surface area (TPSA) is 100 Å². The third kappa shape index (κ3) is 1.58. The first-order valence-electron chi connectivity index (χ1n) is 5.20. The Morgan fingerprint density at radius 1 is 1.47 bits per heavy atom. The van der Waals surface area contributed by atoms with Crippen LogP contribution in [0.3, 0.4) is 0 Å². The van der Waals surface area contributed by atoms with Crippen molar-refractivity contribution in [2.45, 2.75) is 0 Å². The van der Waals surface area contributed by atoms with Crippen molar-refractivity contribution in [3.8, 4) is 11.8 Å². The quantitative estimate of drug-likeness (QED) is 0.541. The lowest BCUT2D eigenvalue weighted by atomic mass is 10.2. The summed E-state index contributed by atoms with van der Waals surface area (Å²) in [5, 5.41) is 30.1. The third-order valence-corrected chi connectivity index (χ3v) is 3.94. The van der Waals surface area contributed by atoms with Crippen LogP contribution >= 0.6 is 11.3 Å². The van der Waals surface area contributed by atoms with Gasteiger partial charge in [0.05, 0.1) is 15.1 Å². The number of nitro benzene ring substituents is 1. The lowest BCUT2D eigenvalue weighted by Crippen LogP contribution is -1.86. The maximum Gasteiger partial charge on any atom is 0.270 e. The predicted molar refractivity (Wildman–Crippen MR) is 70.2 cm³/mol. The Balaban J connectivity index is 2.44. The lowest BCUT2D eigenvalue weighted by Gasteiger charge is -1.96. The molecule has 0 unspecified atom stereocenters. The highest BCUT2D eigenvalue weighted by Crippen LogP contribution is 2.40. The molecule has 0 aliphatic heterocycles. The molecule has 6 nitrogen and oxygen atoms in total. The normalized spacial score (nSPS) is 10.7. The number of aromatic hydroxyl groups is 1. The second-order valence-electron chi connectivity index (χ2n) is 3.85. The van der Waals surface area contributed by atoms with E-state index < -0.39 is 4.92 Å². The first kappa shape index (κ1) is 11.4. The summed E-state index contributed by atoms with van der Waals surface area (Å²) in [6.07, 6.45) is 1.27. The van der Waals surface area contributed by atoms with Crippen molar-refractivity contribution in [2.24, 2.45) is 0 Å². The van der Waals surface area contributed by atoms with Crippen molar-refractivity contribution < 1.29 is 10.0 Å². The van der Waals surface area contributed by atoms with E-state index in [2.05, 4.69) is 4.98 Å². The molecule has 92 valence electrons. The molecule has 7 heteroatoms. The van der Waals surface area contributed by atoms with Crippen LogP contribution in [0.1, 0.15) is 5.56 Å². The van der Waals surface area contributed by atoms with Crippen molar-refractivity contribution in [3.63, 3.8) is 0 Å². The molecule has 0 saturated carbocycles. The van der Waals surface area contributed by atoms with Crippen molar-refractivity contribution in [3.05, 3.63) is 40.1 Å². The van der Waals surface area contributed by atoms with Crippen LogP contribution in [0.4, 0.5) is 5.69 Å². The van der Waals surface area contributed by atoms with E-state index >= 15 is 0 Å². The number of hydrogen-bond donors (Lipinski definition) is 1. The van der Waals surface area contributed by atoms with E-state index in [9.17, 15) is 15.2 Å². The number of pyridine rings is 1. The molecular weight excluding hydrogens is 266 g/mol. The van der Waals surface area contributed by atoms with Crippen LogP contribution < -0.4 is 0 Å². The van der Waals surface area contributed by atoms with Crippen molar-refractivity contribution in [1.29, 1.82) is 5.26 Å². The summed E-state index contributed by atoms with van der Waals surface area (Å²) in [5.74, 6) is -0.128. The number of fused-ring (bicyclic) bond motifs is 3. The summed E-state index contributed by atoms with van der Waals surface area (Å²) in [4.78, 5) is 14.4. The van der Waals surface area contributed by atoms with E-state index in [1.165, 1.54) is 29.7 Å². The molecule has 3 aromatic rings. The van der Waals surface area contributed by atoms with Gasteiger partial charge in [0.1, 0.15) is 11.6 Å². The Bertz CT molecular complexity index is 879. The number of benzene rings is 1. The van der Waals surface area contributed by atoms with Gasteiger partial charge in [0.25, 0.3) is 5.69 Å². The van der Waals surface area contributed by atoms with E-state index in [4.69, 9.17) is 5.26 Å². The maximum absolute atomic E-state index is 10.8. The first-order valence-corrected chi connectivity index (χ1v) is 6.02. The highest BCUT2D eigenvalue weighted by Gasteiger charge is 2.16. The number of rotatable bonds is 1. The average molecular weight is 271 g/mol. The highest BCUT2D eigenvalue weighted by molar-refractivity contribution is 7.26. The number of nitro groups is 1. The molecule has 0 aliphatic carbocycles. The minimum absolute atomic E-state index is 0.0298. The Kier molecular flexibility index (Phi) is 2.33. The van der Waals surface area contributed by atoms with Crippen LogP contribution in [-0.2, 0) is 0 Å². The SMILES string of the molecule is N#Cc1cnc2c(sc3ccc([N+](=O)[O-])cc32)c1O. The molecular formula is C12H5N3O3S. The summed E-state index contributed by atoms with van der Waals surface area (Å²) < 4.78 is 1.24. The van der Waals surface area contributed by atoms with Gasteiger partial charge in [0, 0.05) is 28.4 Å². The molecule has 0 fully saturated rings. The van der Waals surface area contributed by atoms with Gasteiger partial charge in [-0.3, -0.25) is 15.1 Å². The Morgan fingerprint density at radius 2 is 2.26 bits per heavy atom. The van der Waals surface area contributed by atoms with Crippen LogP contribution in [0.5, 0.6) is 5.75 Å². The molecule has 0 aliphatic rings. The summed E-state index contributed by atoms with van der Waals surface area (Å²) in [6, 6.07) is 6.29. The van der Waals surface area contributed by atoms with Gasteiger partial charge >= 0.3 is 0 Å². The molecule has 3 rings (SSSR count). The molecule has 19 heavy (non-hydrogen) atoms. The van der Waals surface area contributed by atoms with Gasteiger partial charge < -0.3 is 5.11 Å². The largest absolute Gasteiger partial charge is 0.505 e. The highest BCUT2D eigenvalue weighted by atomic mass is 32.1. The molecule has 0 radical (unpaired) electrons. The van der Waals surface area contributed by atoms with Crippen molar-refractivity contribution in [1.82, 2.24) is 4.98 Å². The van der Waals surface area contributed by atoms with E-state index in [0.717, 1.165) is 4.70 Å². The lowest BCUT2D eigenvalue weighted by molar-refractivity contribution is -0.384. The van der Waals surface area contributed by atoms with E-state index in [-0.39, 0.29) is 17.0 Å². The molecule has 2 aromatic heterocycles. The average Bonchev–Trinajstić information content (AvgIpc) is 2.78. The molecule has 0 spiro atoms. The standard InChI is InChI=1S/C12H5N3O3S/c13-4-6-5-14-10-8-3-7(15(17)18)1-2-9(8)19-12(10)11(6)16/h1-3,5H,(H,14,16). The van der Waals surface area contributed by atoms with Gasteiger partial charge in [-0.2, -0.15) is 5.26 Å². The molecule has 1 aromatic carbocycles. The van der Waals surface area contributed by atoms with Crippen molar-refractivity contribution >= 4 is 37.3 Å². The minimum Gasteiger partial charge on any atom is -0.505 e. The third-order valence-electron chi connectivity index (χ3n) is 2.77. The van der Waals surface area contributed by atoms with Gasteiger partial charge in [-0.25, -0.2) is 0 Å². The van der Waals surface area contributed by atoms with Crippen LogP contribution in [0.25, 0.3) is 20.3 Å². The Labute approximate surface area is 110 Å². The first-order chi connectivity index (χ1) is 9.11. The zero-order valence-corrected chi connectivity index (χ0v) is 10.1. The molecule has 0 bridgehead atoms. The fourth-order valence-electron chi connectivity index (χ4n) is 1.87. The molecule has 2 heterocycles. The van der Waals surface area contributed by atoms with Crippen LogP contribution in [-0.4, -0.2) is 15.0 Å². The molecule has 0 amide bonds. The van der Waals surface area contributed by atoms with Gasteiger partial charge in [-0.15, -0.1) is 11.3 Å². The Morgan fingerprint density at radius 3 is 2.95 bits per heavy atom. The number of thiophene rings is 1. The van der Waals surface area contributed by atoms with Gasteiger partial charge in [-0.05, 0) is 6.07 Å². The van der Waals surface area contributed by atoms with Crippen LogP contribution in [0, 0.1) is 21.4 Å². The number of hydrogen-bond acceptors (Lipinski definition) is 6. The predicted octanol–water partition coefficient (Wildman–Crippen LogP) is 2.93. The molecule has 0 saturated heterocycles. The maximum atomic E-state index is 10.8. The second kappa shape index (κ2) is 3.90. The minimum atomic E-state index is -0.480. The number of nitrogens with zero attached hydrogens (tertiary/aromatic N) is 3. The van der Waals surface area contributed by atoms with E-state index in [1.54, 1.807) is 6.07 Å². The monoisotopic (exact) mass is 271 g/mol. The zero-order valence-electron chi connectivity index (χ0n) is 9.32. The van der Waals surface area contributed by atoms with Crippen LogP contribution in [0.15, 0.2) is 24.4 Å². The van der Waals surface area contributed by atoms with Crippen molar-refractivity contribution in [2.75, 3.05) is 0 Å². The van der Waals surface area contributed by atoms with Gasteiger partial charge in [0.2, 0.25) is 0 Å². The number of non-ortho nitro benzene ring substituents is 1. The zero-order chi connectivity index (χ0) is 13.6. The second-order valence-corrected chi connectivity index (χ2v) is 4.90. The summed E-state index contributed by atoms with van der Waals surface area (Å²) in [5.41, 5.74) is 0.534.